The lowest BCUT2D eigenvalue weighted by Crippen LogP contribution is -2.24. The Labute approximate surface area is 176 Å². The zero-order valence-corrected chi connectivity index (χ0v) is 17.7. The number of nitrogens with zero attached hydrogens (tertiary/aromatic N) is 4. The predicted molar refractivity (Wildman–Crippen MR) is 116 cm³/mol. The van der Waals surface area contributed by atoms with E-state index in [0.29, 0.717) is 18.3 Å². The maximum atomic E-state index is 12.6. The molecule has 0 radical (unpaired) electrons. The van der Waals surface area contributed by atoms with Gasteiger partial charge in [-0.1, -0.05) is 32.0 Å². The number of rotatable bonds is 7. The van der Waals surface area contributed by atoms with Gasteiger partial charge < -0.3 is 9.88 Å². The van der Waals surface area contributed by atoms with Gasteiger partial charge in [-0.05, 0) is 49.1 Å². The lowest BCUT2D eigenvalue weighted by atomic mass is 10.1. The lowest BCUT2D eigenvalue weighted by molar-refractivity contribution is -0.117. The first-order valence-corrected chi connectivity index (χ1v) is 9.90. The van der Waals surface area contributed by atoms with Crippen molar-refractivity contribution in [1.82, 2.24) is 25.1 Å². The van der Waals surface area contributed by atoms with E-state index in [1.165, 1.54) is 6.33 Å². The molecule has 1 amide bonds. The van der Waals surface area contributed by atoms with Crippen LogP contribution in [0.4, 0.5) is 0 Å². The van der Waals surface area contributed by atoms with Crippen LogP contribution in [0.2, 0.25) is 0 Å². The van der Waals surface area contributed by atoms with E-state index in [2.05, 4.69) is 38.9 Å². The molecule has 0 unspecified atom stereocenters. The SMILES string of the molecule is Cc1cc(/C=C(/C#N)C(=O)NCc2cccc(-c3ncn[nH]3)c2)c(C)n1CC(C)C. The first-order valence-electron chi connectivity index (χ1n) is 9.90. The Morgan fingerprint density at radius 2 is 2.13 bits per heavy atom. The molecule has 0 atom stereocenters. The molecule has 0 aliphatic heterocycles. The van der Waals surface area contributed by atoms with E-state index >= 15 is 0 Å². The maximum absolute atomic E-state index is 12.6. The summed E-state index contributed by atoms with van der Waals surface area (Å²) in [6.07, 6.45) is 3.12. The highest BCUT2D eigenvalue weighted by Gasteiger charge is 2.13. The van der Waals surface area contributed by atoms with Gasteiger partial charge in [0.1, 0.15) is 18.0 Å². The van der Waals surface area contributed by atoms with Crippen LogP contribution >= 0.6 is 0 Å². The second-order valence-corrected chi connectivity index (χ2v) is 7.72. The van der Waals surface area contributed by atoms with Crippen molar-refractivity contribution in [2.24, 2.45) is 5.92 Å². The van der Waals surface area contributed by atoms with Gasteiger partial charge in [-0.25, -0.2) is 4.98 Å². The molecule has 2 heterocycles. The lowest BCUT2D eigenvalue weighted by Gasteiger charge is -2.12. The van der Waals surface area contributed by atoms with Crippen LogP contribution < -0.4 is 5.32 Å². The third-order valence-electron chi connectivity index (χ3n) is 4.89. The molecule has 3 rings (SSSR count). The molecular formula is C23H26N6O. The van der Waals surface area contributed by atoms with Crippen molar-refractivity contribution in [2.75, 3.05) is 0 Å². The fourth-order valence-electron chi connectivity index (χ4n) is 3.37. The monoisotopic (exact) mass is 402 g/mol. The zero-order valence-electron chi connectivity index (χ0n) is 17.7. The van der Waals surface area contributed by atoms with E-state index in [-0.39, 0.29) is 5.57 Å². The van der Waals surface area contributed by atoms with Crippen LogP contribution in [0.25, 0.3) is 17.5 Å². The van der Waals surface area contributed by atoms with Crippen LogP contribution in [-0.2, 0) is 17.9 Å². The first kappa shape index (κ1) is 21.1. The Balaban J connectivity index is 1.73. The van der Waals surface area contributed by atoms with Gasteiger partial charge >= 0.3 is 0 Å². The molecular weight excluding hydrogens is 376 g/mol. The van der Waals surface area contributed by atoms with Gasteiger partial charge in [-0.2, -0.15) is 10.4 Å². The molecule has 2 N–H and O–H groups in total. The molecule has 1 aromatic carbocycles. The number of aromatic nitrogens is 4. The molecule has 0 saturated heterocycles. The normalized spacial score (nSPS) is 11.5. The van der Waals surface area contributed by atoms with E-state index < -0.39 is 5.91 Å². The van der Waals surface area contributed by atoms with Crippen LogP contribution in [0.5, 0.6) is 0 Å². The summed E-state index contributed by atoms with van der Waals surface area (Å²) in [5, 5.41) is 19.0. The number of benzene rings is 1. The third kappa shape index (κ3) is 4.84. The summed E-state index contributed by atoms with van der Waals surface area (Å²) in [4.78, 5) is 16.7. The largest absolute Gasteiger partial charge is 0.348 e. The molecule has 7 nitrogen and oxygen atoms in total. The summed E-state index contributed by atoms with van der Waals surface area (Å²) in [6.45, 7) is 9.61. The molecule has 3 aromatic rings. The summed E-state index contributed by atoms with van der Waals surface area (Å²) in [6, 6.07) is 11.7. The van der Waals surface area contributed by atoms with Gasteiger partial charge in [-0.3, -0.25) is 9.89 Å². The Morgan fingerprint density at radius 3 is 2.80 bits per heavy atom. The molecule has 30 heavy (non-hydrogen) atoms. The Kier molecular flexibility index (Phi) is 6.48. The maximum Gasteiger partial charge on any atom is 0.262 e. The van der Waals surface area contributed by atoms with Gasteiger partial charge in [0.15, 0.2) is 5.82 Å². The molecule has 0 fully saturated rings. The van der Waals surface area contributed by atoms with E-state index in [0.717, 1.165) is 34.6 Å². The topological polar surface area (TPSA) is 99.4 Å². The number of nitrogens with one attached hydrogen (secondary N) is 2. The van der Waals surface area contributed by atoms with Gasteiger partial charge in [0, 0.05) is 30.0 Å². The highest BCUT2D eigenvalue weighted by atomic mass is 16.1. The minimum Gasteiger partial charge on any atom is -0.348 e. The van der Waals surface area contributed by atoms with Crippen LogP contribution in [-0.4, -0.2) is 25.7 Å². The molecule has 2 aromatic heterocycles. The van der Waals surface area contributed by atoms with Crippen molar-refractivity contribution < 1.29 is 4.79 Å². The minimum atomic E-state index is -0.392. The standard InChI is InChI=1S/C23H26N6O/c1-15(2)13-29-16(3)8-20(17(29)4)10-21(11-24)23(30)25-12-18-6-5-7-19(9-18)22-26-14-27-28-22/h5-10,14-15H,12-13H2,1-4H3,(H,25,30)(H,26,27,28)/b21-10-. The molecule has 7 heteroatoms. The van der Waals surface area contributed by atoms with Gasteiger partial charge in [0.05, 0.1) is 0 Å². The first-order chi connectivity index (χ1) is 14.4. The molecule has 154 valence electrons. The Morgan fingerprint density at radius 1 is 1.33 bits per heavy atom. The van der Waals surface area contributed by atoms with Gasteiger partial charge in [0.25, 0.3) is 5.91 Å². The van der Waals surface area contributed by atoms with E-state index in [4.69, 9.17) is 0 Å². The van der Waals surface area contributed by atoms with Gasteiger partial charge in [0.2, 0.25) is 0 Å². The summed E-state index contributed by atoms with van der Waals surface area (Å²) < 4.78 is 2.22. The Hall–Kier alpha value is -3.66. The van der Waals surface area contributed by atoms with Crippen LogP contribution in [0.15, 0.2) is 42.2 Å². The fraction of sp³-hybridized carbons (Fsp3) is 0.304. The highest BCUT2D eigenvalue weighted by molar-refractivity contribution is 6.01. The summed E-state index contributed by atoms with van der Waals surface area (Å²) >= 11 is 0. The smallest absolute Gasteiger partial charge is 0.262 e. The van der Waals surface area contributed by atoms with E-state index in [9.17, 15) is 10.1 Å². The average molecular weight is 403 g/mol. The quantitative estimate of drug-likeness (QED) is 0.464. The van der Waals surface area contributed by atoms with Crippen molar-refractivity contribution in [3.8, 4) is 17.5 Å². The van der Waals surface area contributed by atoms with Crippen molar-refractivity contribution in [3.05, 3.63) is 64.7 Å². The number of carbonyl (C=O) groups excluding carboxylic acids is 1. The molecule has 0 bridgehead atoms. The second-order valence-electron chi connectivity index (χ2n) is 7.72. The number of hydrogen-bond acceptors (Lipinski definition) is 4. The summed E-state index contributed by atoms with van der Waals surface area (Å²) in [5.74, 6) is 0.784. The van der Waals surface area contributed by atoms with Crippen molar-refractivity contribution in [2.45, 2.75) is 40.8 Å². The molecule has 0 aliphatic carbocycles. The van der Waals surface area contributed by atoms with Crippen molar-refractivity contribution in [3.63, 3.8) is 0 Å². The number of aryl methyl sites for hydroxylation is 1. The second kappa shape index (κ2) is 9.23. The van der Waals surface area contributed by atoms with E-state index in [1.54, 1.807) is 6.08 Å². The molecule has 0 saturated carbocycles. The number of H-pyrrole nitrogens is 1. The fourth-order valence-corrected chi connectivity index (χ4v) is 3.37. The van der Waals surface area contributed by atoms with E-state index in [1.807, 2.05) is 50.2 Å². The number of amides is 1. The summed E-state index contributed by atoms with van der Waals surface area (Å²) in [7, 11) is 0. The highest BCUT2D eigenvalue weighted by Crippen LogP contribution is 2.20. The van der Waals surface area contributed by atoms with Crippen LogP contribution in [0.1, 0.15) is 36.4 Å². The van der Waals surface area contributed by atoms with Crippen LogP contribution in [0, 0.1) is 31.1 Å². The van der Waals surface area contributed by atoms with Gasteiger partial charge in [-0.15, -0.1) is 0 Å². The van der Waals surface area contributed by atoms with Crippen molar-refractivity contribution >= 4 is 12.0 Å². The number of hydrogen-bond donors (Lipinski definition) is 2. The average Bonchev–Trinajstić information content (AvgIpc) is 3.35. The number of carbonyl (C=O) groups is 1. The number of aromatic amines is 1. The Bertz CT molecular complexity index is 1100. The number of nitriles is 1. The molecule has 0 aliphatic rings. The third-order valence-corrected chi connectivity index (χ3v) is 4.89. The summed E-state index contributed by atoms with van der Waals surface area (Å²) in [5.41, 5.74) is 4.95. The predicted octanol–water partition coefficient (Wildman–Crippen LogP) is 3.77. The van der Waals surface area contributed by atoms with Crippen molar-refractivity contribution in [1.29, 1.82) is 5.26 Å². The van der Waals surface area contributed by atoms with Crippen LogP contribution in [0.3, 0.4) is 0 Å². The molecule has 0 spiro atoms. The zero-order chi connectivity index (χ0) is 21.7. The minimum absolute atomic E-state index is 0.0891.